The summed E-state index contributed by atoms with van der Waals surface area (Å²) in [7, 11) is 0. The maximum absolute atomic E-state index is 11.3. The molecule has 5 rings (SSSR count). The van der Waals surface area contributed by atoms with Crippen molar-refractivity contribution >= 4 is 16.9 Å². The maximum atomic E-state index is 11.3. The number of aromatic amines is 1. The van der Waals surface area contributed by atoms with Crippen LogP contribution in [0, 0.1) is 0 Å². The average molecular weight is 345 g/mol. The largest absolute Gasteiger partial charge is 0.478 e. The van der Waals surface area contributed by atoms with Crippen molar-refractivity contribution in [2.75, 3.05) is 0 Å². The fourth-order valence-electron chi connectivity index (χ4n) is 4.10. The van der Waals surface area contributed by atoms with Gasteiger partial charge in [-0.05, 0) is 72.9 Å². The normalized spacial score (nSPS) is 18.2. The average Bonchev–Trinajstić information content (AvgIpc) is 3.56. The highest BCUT2D eigenvalue weighted by molar-refractivity contribution is 5.88. The number of hydrogen-bond donors (Lipinski definition) is 2. The summed E-state index contributed by atoms with van der Waals surface area (Å²) in [5.41, 5.74) is 7.04. The van der Waals surface area contributed by atoms with Gasteiger partial charge in [0.05, 0.1) is 5.56 Å². The lowest BCUT2D eigenvalue weighted by Gasteiger charge is -2.11. The van der Waals surface area contributed by atoms with Gasteiger partial charge in [0.15, 0.2) is 0 Å². The molecule has 2 aliphatic carbocycles. The van der Waals surface area contributed by atoms with Crippen molar-refractivity contribution in [1.29, 1.82) is 0 Å². The first-order chi connectivity index (χ1) is 12.5. The van der Waals surface area contributed by atoms with E-state index in [1.807, 2.05) is 12.1 Å². The van der Waals surface area contributed by atoms with E-state index in [-0.39, 0.29) is 5.41 Å². The molecule has 2 aliphatic rings. The van der Waals surface area contributed by atoms with E-state index in [4.69, 9.17) is 0 Å². The molecular weight excluding hydrogens is 322 g/mol. The first-order valence-electron chi connectivity index (χ1n) is 9.51. The molecule has 3 nitrogen and oxygen atoms in total. The highest BCUT2D eigenvalue weighted by Crippen LogP contribution is 2.50. The Hall–Kier alpha value is -2.55. The van der Waals surface area contributed by atoms with Gasteiger partial charge >= 0.3 is 5.97 Å². The van der Waals surface area contributed by atoms with Crippen LogP contribution < -0.4 is 0 Å². The van der Waals surface area contributed by atoms with Gasteiger partial charge in [-0.15, -0.1) is 0 Å². The minimum atomic E-state index is -0.866. The molecule has 1 aromatic heterocycles. The number of aromatic nitrogens is 1. The molecule has 26 heavy (non-hydrogen) atoms. The Morgan fingerprint density at radius 3 is 2.69 bits per heavy atom. The quantitative estimate of drug-likeness (QED) is 0.652. The Kier molecular flexibility index (Phi) is 3.30. The first kappa shape index (κ1) is 15.7. The SMILES string of the molecule is CC1(c2[nH]c3cc(C4CC4)ccc3c2Cc2cccc(C(=O)O)c2)CC1. The number of nitrogens with one attached hydrogen (secondary N) is 1. The van der Waals surface area contributed by atoms with Crippen molar-refractivity contribution in [3.8, 4) is 0 Å². The minimum Gasteiger partial charge on any atom is -0.478 e. The standard InChI is InChI=1S/C23H23NO2/c1-23(9-10-23)21-19(12-14-3-2-4-17(11-14)22(25)26)18-8-7-16(15-5-6-15)13-20(18)24-21/h2-4,7-8,11,13,15,24H,5-6,9-10,12H2,1H3,(H,25,26). The molecule has 2 aromatic carbocycles. The van der Waals surface area contributed by atoms with Gasteiger partial charge in [-0.25, -0.2) is 4.79 Å². The fourth-order valence-corrected chi connectivity index (χ4v) is 4.10. The molecule has 0 spiro atoms. The lowest BCUT2D eigenvalue weighted by atomic mass is 9.94. The zero-order valence-electron chi connectivity index (χ0n) is 15.0. The van der Waals surface area contributed by atoms with E-state index in [2.05, 4.69) is 30.1 Å². The highest BCUT2D eigenvalue weighted by Gasteiger charge is 2.42. The third-order valence-corrected chi connectivity index (χ3v) is 6.14. The summed E-state index contributed by atoms with van der Waals surface area (Å²) in [5.74, 6) is -0.118. The molecule has 3 aromatic rings. The summed E-state index contributed by atoms with van der Waals surface area (Å²) >= 11 is 0. The first-order valence-corrected chi connectivity index (χ1v) is 9.51. The van der Waals surface area contributed by atoms with E-state index in [9.17, 15) is 9.90 Å². The number of carbonyl (C=O) groups is 1. The minimum absolute atomic E-state index is 0.249. The third kappa shape index (κ3) is 2.63. The van der Waals surface area contributed by atoms with Gasteiger partial charge in [-0.3, -0.25) is 0 Å². The lowest BCUT2D eigenvalue weighted by Crippen LogP contribution is -2.05. The Bertz CT molecular complexity index is 1020. The second kappa shape index (κ2) is 5.47. The molecule has 2 N–H and O–H groups in total. The number of carboxylic acids is 1. The van der Waals surface area contributed by atoms with E-state index in [0.717, 1.165) is 17.9 Å². The van der Waals surface area contributed by atoms with Crippen molar-refractivity contribution in [3.05, 3.63) is 70.4 Å². The molecule has 0 bridgehead atoms. The second-order valence-electron chi connectivity index (χ2n) is 8.30. The molecule has 0 radical (unpaired) electrons. The summed E-state index contributed by atoms with van der Waals surface area (Å²) < 4.78 is 0. The predicted octanol–water partition coefficient (Wildman–Crippen LogP) is 5.39. The molecule has 1 heterocycles. The van der Waals surface area contributed by atoms with Crippen LogP contribution in [0.25, 0.3) is 10.9 Å². The van der Waals surface area contributed by atoms with Crippen molar-refractivity contribution in [2.45, 2.75) is 50.4 Å². The van der Waals surface area contributed by atoms with Crippen LogP contribution in [0.15, 0.2) is 42.5 Å². The Morgan fingerprint density at radius 1 is 1.19 bits per heavy atom. The third-order valence-electron chi connectivity index (χ3n) is 6.14. The molecule has 0 unspecified atom stereocenters. The number of carboxylic acid groups (broad SMARTS) is 1. The van der Waals surface area contributed by atoms with Crippen LogP contribution in [0.2, 0.25) is 0 Å². The number of fused-ring (bicyclic) bond motifs is 1. The van der Waals surface area contributed by atoms with Gasteiger partial charge in [-0.2, -0.15) is 0 Å². The molecular formula is C23H23NO2. The van der Waals surface area contributed by atoms with E-state index in [1.165, 1.54) is 53.4 Å². The van der Waals surface area contributed by atoms with Gasteiger partial charge < -0.3 is 10.1 Å². The topological polar surface area (TPSA) is 53.1 Å². The number of aromatic carboxylic acids is 1. The predicted molar refractivity (Wildman–Crippen MR) is 103 cm³/mol. The van der Waals surface area contributed by atoms with Gasteiger partial charge in [-0.1, -0.05) is 31.2 Å². The van der Waals surface area contributed by atoms with Crippen LogP contribution in [0.3, 0.4) is 0 Å². The van der Waals surface area contributed by atoms with Crippen molar-refractivity contribution in [2.24, 2.45) is 0 Å². The number of H-pyrrole nitrogens is 1. The van der Waals surface area contributed by atoms with Gasteiger partial charge in [0, 0.05) is 22.0 Å². The molecule has 132 valence electrons. The number of benzene rings is 2. The summed E-state index contributed by atoms with van der Waals surface area (Å²) in [4.78, 5) is 15.0. The highest BCUT2D eigenvalue weighted by atomic mass is 16.4. The Morgan fingerprint density at radius 2 is 2.00 bits per heavy atom. The van der Waals surface area contributed by atoms with Crippen molar-refractivity contribution < 1.29 is 9.90 Å². The molecule has 0 aliphatic heterocycles. The smallest absolute Gasteiger partial charge is 0.335 e. The van der Waals surface area contributed by atoms with Crippen LogP contribution in [0.4, 0.5) is 0 Å². The van der Waals surface area contributed by atoms with Gasteiger partial charge in [0.25, 0.3) is 0 Å². The van der Waals surface area contributed by atoms with E-state index < -0.39 is 5.97 Å². The zero-order chi connectivity index (χ0) is 17.9. The molecule has 2 saturated carbocycles. The molecule has 3 heteroatoms. The van der Waals surface area contributed by atoms with Crippen LogP contribution in [0.1, 0.15) is 71.3 Å². The maximum Gasteiger partial charge on any atom is 0.335 e. The molecule has 0 amide bonds. The second-order valence-corrected chi connectivity index (χ2v) is 8.30. The number of rotatable bonds is 5. The molecule has 0 atom stereocenters. The summed E-state index contributed by atoms with van der Waals surface area (Å²) in [6, 6.07) is 14.2. The van der Waals surface area contributed by atoms with Crippen molar-refractivity contribution in [3.63, 3.8) is 0 Å². The molecule has 0 saturated heterocycles. The lowest BCUT2D eigenvalue weighted by molar-refractivity contribution is 0.0696. The van der Waals surface area contributed by atoms with Gasteiger partial charge in [0.2, 0.25) is 0 Å². The van der Waals surface area contributed by atoms with E-state index in [1.54, 1.807) is 12.1 Å². The van der Waals surface area contributed by atoms with Crippen molar-refractivity contribution in [1.82, 2.24) is 4.98 Å². The van der Waals surface area contributed by atoms with Crippen LogP contribution >= 0.6 is 0 Å². The van der Waals surface area contributed by atoms with Crippen LogP contribution in [0.5, 0.6) is 0 Å². The van der Waals surface area contributed by atoms with E-state index >= 15 is 0 Å². The van der Waals surface area contributed by atoms with Gasteiger partial charge in [0.1, 0.15) is 0 Å². The molecule has 2 fully saturated rings. The van der Waals surface area contributed by atoms with E-state index in [0.29, 0.717) is 5.56 Å². The summed E-state index contributed by atoms with van der Waals surface area (Å²) in [6.07, 6.45) is 5.83. The summed E-state index contributed by atoms with van der Waals surface area (Å²) in [5, 5.41) is 10.6. The Labute approximate surface area is 153 Å². The zero-order valence-corrected chi connectivity index (χ0v) is 15.0. The number of hydrogen-bond acceptors (Lipinski definition) is 1. The van der Waals surface area contributed by atoms with Crippen LogP contribution in [-0.4, -0.2) is 16.1 Å². The summed E-state index contributed by atoms with van der Waals surface area (Å²) in [6.45, 7) is 2.33. The van der Waals surface area contributed by atoms with Crippen LogP contribution in [-0.2, 0) is 11.8 Å². The fraction of sp³-hybridized carbons (Fsp3) is 0.348. The Balaban J connectivity index is 1.61. The monoisotopic (exact) mass is 345 g/mol.